The van der Waals surface area contributed by atoms with E-state index in [2.05, 4.69) is 10.2 Å². The van der Waals surface area contributed by atoms with Crippen LogP contribution >= 0.6 is 0 Å². The molecule has 0 saturated carbocycles. The van der Waals surface area contributed by atoms with Gasteiger partial charge in [0.15, 0.2) is 0 Å². The van der Waals surface area contributed by atoms with Gasteiger partial charge in [-0.3, -0.25) is 0 Å². The Kier molecular flexibility index (Phi) is 5.75. The highest BCUT2D eigenvalue weighted by atomic mass is 16.5. The van der Waals surface area contributed by atoms with Crippen molar-refractivity contribution in [1.82, 2.24) is 10.2 Å². The number of rotatable bonds is 6. The van der Waals surface area contributed by atoms with Crippen LogP contribution in [0.2, 0.25) is 0 Å². The Bertz CT molecular complexity index is 196. The van der Waals surface area contributed by atoms with Crippen LogP contribution in [0.25, 0.3) is 0 Å². The van der Waals surface area contributed by atoms with E-state index in [-0.39, 0.29) is 0 Å². The number of nitrogens with zero attached hydrogens (tertiary/aromatic N) is 1. The molecule has 1 N–H and O–H groups in total. The number of hydrogen-bond donors (Lipinski definition) is 1. The number of likely N-dealkylation sites (tertiary alicyclic amines) is 1. The lowest BCUT2D eigenvalue weighted by atomic mass is 9.97. The highest BCUT2D eigenvalue weighted by Crippen LogP contribution is 2.18. The van der Waals surface area contributed by atoms with Crippen LogP contribution in [0.3, 0.4) is 0 Å². The van der Waals surface area contributed by atoms with Gasteiger partial charge in [0.25, 0.3) is 0 Å². The summed E-state index contributed by atoms with van der Waals surface area (Å²) in [5.41, 5.74) is 0. The Balaban J connectivity index is 1.52. The minimum absolute atomic E-state index is 0.813. The molecule has 0 aliphatic carbocycles. The monoisotopic (exact) mass is 240 g/mol. The SMILES string of the molecule is COCC1CCN(CCCC2CCCN2)CC1. The summed E-state index contributed by atoms with van der Waals surface area (Å²) in [5.74, 6) is 0.813. The summed E-state index contributed by atoms with van der Waals surface area (Å²) >= 11 is 0. The summed E-state index contributed by atoms with van der Waals surface area (Å²) in [6.45, 7) is 6.07. The first-order chi connectivity index (χ1) is 8.38. The van der Waals surface area contributed by atoms with Crippen LogP contribution in [-0.4, -0.2) is 50.8 Å². The van der Waals surface area contributed by atoms with Crippen LogP contribution in [0.4, 0.5) is 0 Å². The molecule has 1 atom stereocenters. The quantitative estimate of drug-likeness (QED) is 0.767. The topological polar surface area (TPSA) is 24.5 Å². The number of piperidine rings is 1. The molecule has 0 radical (unpaired) electrons. The molecular weight excluding hydrogens is 212 g/mol. The number of nitrogens with one attached hydrogen (secondary N) is 1. The molecule has 0 amide bonds. The van der Waals surface area contributed by atoms with Gasteiger partial charge in [-0.05, 0) is 70.6 Å². The van der Waals surface area contributed by atoms with Crippen molar-refractivity contribution in [1.29, 1.82) is 0 Å². The third-order valence-electron chi connectivity index (χ3n) is 4.30. The molecule has 0 aromatic carbocycles. The molecule has 0 spiro atoms. The zero-order valence-corrected chi connectivity index (χ0v) is 11.3. The van der Waals surface area contributed by atoms with Crippen molar-refractivity contribution in [3.63, 3.8) is 0 Å². The molecule has 2 fully saturated rings. The molecule has 0 bridgehead atoms. The second kappa shape index (κ2) is 7.34. The Morgan fingerprint density at radius 2 is 2.06 bits per heavy atom. The van der Waals surface area contributed by atoms with Gasteiger partial charge >= 0.3 is 0 Å². The molecule has 2 heterocycles. The predicted octanol–water partition coefficient (Wildman–Crippen LogP) is 1.88. The molecule has 1 unspecified atom stereocenters. The maximum absolute atomic E-state index is 5.24. The van der Waals surface area contributed by atoms with Crippen LogP contribution in [0.15, 0.2) is 0 Å². The van der Waals surface area contributed by atoms with Gasteiger partial charge in [0.2, 0.25) is 0 Å². The minimum Gasteiger partial charge on any atom is -0.384 e. The lowest BCUT2D eigenvalue weighted by molar-refractivity contribution is 0.0986. The lowest BCUT2D eigenvalue weighted by Gasteiger charge is -2.31. The molecule has 17 heavy (non-hydrogen) atoms. The van der Waals surface area contributed by atoms with E-state index >= 15 is 0 Å². The first-order valence-corrected chi connectivity index (χ1v) is 7.33. The van der Waals surface area contributed by atoms with E-state index in [4.69, 9.17) is 4.74 Å². The van der Waals surface area contributed by atoms with E-state index in [9.17, 15) is 0 Å². The van der Waals surface area contributed by atoms with Gasteiger partial charge in [-0.1, -0.05) is 0 Å². The summed E-state index contributed by atoms with van der Waals surface area (Å²) in [6, 6.07) is 0.820. The van der Waals surface area contributed by atoms with Crippen molar-refractivity contribution < 1.29 is 4.74 Å². The zero-order valence-electron chi connectivity index (χ0n) is 11.3. The average Bonchev–Trinajstić information content (AvgIpc) is 2.85. The van der Waals surface area contributed by atoms with E-state index in [1.54, 1.807) is 0 Å². The van der Waals surface area contributed by atoms with Crippen LogP contribution in [0, 0.1) is 5.92 Å². The van der Waals surface area contributed by atoms with Crippen LogP contribution in [0.5, 0.6) is 0 Å². The van der Waals surface area contributed by atoms with Crippen molar-refractivity contribution in [3.8, 4) is 0 Å². The third kappa shape index (κ3) is 4.57. The Morgan fingerprint density at radius 1 is 1.24 bits per heavy atom. The Morgan fingerprint density at radius 3 is 2.71 bits per heavy atom. The minimum atomic E-state index is 0.813. The fraction of sp³-hybridized carbons (Fsp3) is 1.00. The van der Waals surface area contributed by atoms with Crippen molar-refractivity contribution in [2.24, 2.45) is 5.92 Å². The first kappa shape index (κ1) is 13.3. The normalized spacial score (nSPS) is 27.7. The Labute approximate surface area is 106 Å². The highest BCUT2D eigenvalue weighted by Gasteiger charge is 2.19. The van der Waals surface area contributed by atoms with Gasteiger partial charge in [0, 0.05) is 19.8 Å². The van der Waals surface area contributed by atoms with Gasteiger partial charge in [0.05, 0.1) is 0 Å². The van der Waals surface area contributed by atoms with Gasteiger partial charge in [-0.25, -0.2) is 0 Å². The molecule has 100 valence electrons. The molecule has 3 nitrogen and oxygen atoms in total. The smallest absolute Gasteiger partial charge is 0.0491 e. The van der Waals surface area contributed by atoms with Crippen LogP contribution in [-0.2, 0) is 4.74 Å². The maximum Gasteiger partial charge on any atom is 0.0491 e. The standard InChI is InChI=1S/C14H28N2O/c1-17-12-13-6-10-16(11-7-13)9-3-5-14-4-2-8-15-14/h13-15H,2-12H2,1H3. The van der Waals surface area contributed by atoms with Gasteiger partial charge in [0.1, 0.15) is 0 Å². The maximum atomic E-state index is 5.24. The molecular formula is C14H28N2O. The van der Waals surface area contributed by atoms with Crippen molar-refractivity contribution in [3.05, 3.63) is 0 Å². The largest absolute Gasteiger partial charge is 0.384 e. The molecule has 0 aromatic rings. The summed E-state index contributed by atoms with van der Waals surface area (Å²) in [6.07, 6.45) is 8.18. The van der Waals surface area contributed by atoms with Crippen molar-refractivity contribution >= 4 is 0 Å². The number of hydrogen-bond acceptors (Lipinski definition) is 3. The summed E-state index contributed by atoms with van der Waals surface area (Å²) in [4.78, 5) is 2.64. The van der Waals surface area contributed by atoms with Crippen molar-refractivity contribution in [2.45, 2.75) is 44.6 Å². The first-order valence-electron chi connectivity index (χ1n) is 7.33. The van der Waals surface area contributed by atoms with E-state index in [1.165, 1.54) is 64.7 Å². The molecule has 3 heteroatoms. The number of methoxy groups -OCH3 is 1. The zero-order chi connectivity index (χ0) is 11.9. The fourth-order valence-corrected chi connectivity index (χ4v) is 3.18. The third-order valence-corrected chi connectivity index (χ3v) is 4.30. The molecule has 2 aliphatic rings. The van der Waals surface area contributed by atoms with Crippen molar-refractivity contribution in [2.75, 3.05) is 39.9 Å². The summed E-state index contributed by atoms with van der Waals surface area (Å²) in [5, 5.41) is 3.58. The fourth-order valence-electron chi connectivity index (χ4n) is 3.18. The average molecular weight is 240 g/mol. The molecule has 2 rings (SSSR count). The summed E-state index contributed by atoms with van der Waals surface area (Å²) in [7, 11) is 1.82. The number of ether oxygens (including phenoxy) is 1. The highest BCUT2D eigenvalue weighted by molar-refractivity contribution is 4.76. The van der Waals surface area contributed by atoms with Gasteiger partial charge < -0.3 is 15.0 Å². The van der Waals surface area contributed by atoms with Crippen LogP contribution < -0.4 is 5.32 Å². The molecule has 2 aliphatic heterocycles. The van der Waals surface area contributed by atoms with E-state index in [0.29, 0.717) is 0 Å². The van der Waals surface area contributed by atoms with E-state index < -0.39 is 0 Å². The van der Waals surface area contributed by atoms with Crippen LogP contribution in [0.1, 0.15) is 38.5 Å². The van der Waals surface area contributed by atoms with Gasteiger partial charge in [-0.15, -0.1) is 0 Å². The second-order valence-electron chi connectivity index (χ2n) is 5.68. The lowest BCUT2D eigenvalue weighted by Crippen LogP contribution is -2.36. The Hall–Kier alpha value is -0.120. The second-order valence-corrected chi connectivity index (χ2v) is 5.68. The predicted molar refractivity (Wildman–Crippen MR) is 71.3 cm³/mol. The van der Waals surface area contributed by atoms with E-state index in [1.807, 2.05) is 7.11 Å². The molecule has 2 saturated heterocycles. The summed E-state index contributed by atoms with van der Waals surface area (Å²) < 4.78 is 5.24. The van der Waals surface area contributed by atoms with Gasteiger partial charge in [-0.2, -0.15) is 0 Å². The molecule has 0 aromatic heterocycles. The van der Waals surface area contributed by atoms with E-state index in [0.717, 1.165) is 18.6 Å².